The molecule has 0 bridgehead atoms. The number of hydrogen-bond donors (Lipinski definition) is 3. The average molecular weight is 338 g/mol. The van der Waals surface area contributed by atoms with E-state index in [-0.39, 0.29) is 4.91 Å². The zero-order valence-corrected chi connectivity index (χ0v) is 13.9. The first-order valence-electron chi connectivity index (χ1n) is 6.20. The van der Waals surface area contributed by atoms with E-state index in [4.69, 9.17) is 16.8 Å². The van der Waals surface area contributed by atoms with Crippen LogP contribution in [-0.4, -0.2) is 16.2 Å². The van der Waals surface area contributed by atoms with Gasteiger partial charge in [-0.1, -0.05) is 42.1 Å². The molecule has 5 N–H and O–H groups in total. The molecule has 6 nitrogen and oxygen atoms in total. The number of thioether (sulfide) groups is 2. The van der Waals surface area contributed by atoms with E-state index >= 15 is 0 Å². The zero-order valence-electron chi connectivity index (χ0n) is 12.3. The van der Waals surface area contributed by atoms with Crippen LogP contribution in [-0.2, 0) is 4.79 Å². The van der Waals surface area contributed by atoms with Crippen LogP contribution in [0.4, 0.5) is 5.69 Å². The van der Waals surface area contributed by atoms with Gasteiger partial charge in [-0.15, -0.1) is 0 Å². The van der Waals surface area contributed by atoms with Crippen molar-refractivity contribution in [2.75, 3.05) is 5.01 Å². The van der Waals surface area contributed by atoms with Gasteiger partial charge < -0.3 is 10.9 Å². The van der Waals surface area contributed by atoms with Crippen LogP contribution in [0.15, 0.2) is 56.7 Å². The second-order valence-corrected chi connectivity index (χ2v) is 6.75. The van der Waals surface area contributed by atoms with Crippen molar-refractivity contribution in [2.24, 2.45) is 16.8 Å². The van der Waals surface area contributed by atoms with Crippen molar-refractivity contribution in [3.63, 3.8) is 0 Å². The maximum Gasteiger partial charge on any atom is 0.342 e. The van der Waals surface area contributed by atoms with E-state index in [0.29, 0.717) is 20.7 Å². The Bertz CT molecular complexity index is 611. The van der Waals surface area contributed by atoms with E-state index in [9.17, 15) is 4.79 Å². The van der Waals surface area contributed by atoms with Crippen LogP contribution in [0, 0.1) is 0 Å². The fourth-order valence-corrected chi connectivity index (χ4v) is 3.05. The monoisotopic (exact) mass is 338 g/mol. The number of hydrazone groups is 1. The SMILES string of the molecule is C=C(SC(C(=O)O)=C(C)C)S/C(=N/N)N(N)c1ccccc1. The van der Waals surface area contributed by atoms with Gasteiger partial charge in [0.2, 0.25) is 5.17 Å². The fourth-order valence-electron chi connectivity index (χ4n) is 1.43. The van der Waals surface area contributed by atoms with E-state index in [1.807, 2.05) is 18.2 Å². The molecule has 0 aliphatic heterocycles. The van der Waals surface area contributed by atoms with Gasteiger partial charge in [-0.05, 0) is 37.7 Å². The number of nitrogens with two attached hydrogens (primary N) is 2. The smallest absolute Gasteiger partial charge is 0.342 e. The third-order valence-electron chi connectivity index (χ3n) is 2.42. The lowest BCUT2D eigenvalue weighted by Gasteiger charge is -2.19. The molecule has 22 heavy (non-hydrogen) atoms. The highest BCUT2D eigenvalue weighted by molar-refractivity contribution is 8.31. The molecule has 1 aromatic carbocycles. The summed E-state index contributed by atoms with van der Waals surface area (Å²) in [6.45, 7) is 7.29. The predicted molar refractivity (Wildman–Crippen MR) is 95.1 cm³/mol. The lowest BCUT2D eigenvalue weighted by Crippen LogP contribution is -2.36. The highest BCUT2D eigenvalue weighted by atomic mass is 32.2. The number of carboxylic acids is 1. The standard InChI is InChI=1S/C14H18N4O2S2/c1-9(2)12(13(19)20)21-10(3)22-14(17-15)18(16)11-7-5-4-6-8-11/h4-8H,3,15-16H2,1-2H3,(H,19,20)/b17-14+. The maximum atomic E-state index is 11.2. The number of carboxylic acid groups (broad SMARTS) is 1. The van der Waals surface area contributed by atoms with Gasteiger partial charge >= 0.3 is 5.97 Å². The predicted octanol–water partition coefficient (Wildman–Crippen LogP) is 2.91. The molecule has 0 unspecified atom stereocenters. The lowest BCUT2D eigenvalue weighted by atomic mass is 10.3. The van der Waals surface area contributed by atoms with Crippen molar-refractivity contribution in [1.82, 2.24) is 0 Å². The molecule has 0 aliphatic rings. The minimum atomic E-state index is -0.995. The summed E-state index contributed by atoms with van der Waals surface area (Å²) in [5.41, 5.74) is 1.40. The Balaban J connectivity index is 2.81. The normalized spacial score (nSPS) is 11.0. The molecule has 0 saturated carbocycles. The van der Waals surface area contributed by atoms with Crippen molar-refractivity contribution < 1.29 is 9.90 Å². The molecule has 1 rings (SSSR count). The molecule has 0 spiro atoms. The van der Waals surface area contributed by atoms with Crippen LogP contribution in [0.1, 0.15) is 13.8 Å². The van der Waals surface area contributed by atoms with Gasteiger partial charge in [0.25, 0.3) is 0 Å². The average Bonchev–Trinajstić information content (AvgIpc) is 2.49. The van der Waals surface area contributed by atoms with Gasteiger partial charge in [0.1, 0.15) is 0 Å². The van der Waals surface area contributed by atoms with Crippen LogP contribution >= 0.6 is 23.5 Å². The molecular weight excluding hydrogens is 320 g/mol. The summed E-state index contributed by atoms with van der Waals surface area (Å²) in [6.07, 6.45) is 0. The third-order valence-corrected chi connectivity index (χ3v) is 4.65. The molecule has 0 aromatic heterocycles. The van der Waals surface area contributed by atoms with Crippen LogP contribution in [0.25, 0.3) is 0 Å². The summed E-state index contributed by atoms with van der Waals surface area (Å²) in [7, 11) is 0. The van der Waals surface area contributed by atoms with Gasteiger partial charge in [-0.3, -0.25) is 5.01 Å². The van der Waals surface area contributed by atoms with Gasteiger partial charge in [0, 0.05) is 4.24 Å². The van der Waals surface area contributed by atoms with Gasteiger partial charge in [0.05, 0.1) is 10.6 Å². The Labute approximate surface area is 137 Å². The summed E-state index contributed by atoms with van der Waals surface area (Å²) in [4.78, 5) is 11.4. The Morgan fingerprint density at radius 1 is 1.27 bits per heavy atom. The lowest BCUT2D eigenvalue weighted by molar-refractivity contribution is -0.131. The van der Waals surface area contributed by atoms with E-state index in [2.05, 4.69) is 11.7 Å². The molecule has 0 amide bonds. The molecule has 1 aromatic rings. The second-order valence-electron chi connectivity index (χ2n) is 4.33. The van der Waals surface area contributed by atoms with Crippen molar-refractivity contribution in [2.45, 2.75) is 13.8 Å². The van der Waals surface area contributed by atoms with Gasteiger partial charge in [0.15, 0.2) is 0 Å². The van der Waals surface area contributed by atoms with Crippen molar-refractivity contribution >= 4 is 40.3 Å². The van der Waals surface area contributed by atoms with Crippen LogP contribution in [0.3, 0.4) is 0 Å². The van der Waals surface area contributed by atoms with E-state index < -0.39 is 5.97 Å². The fraction of sp³-hybridized carbons (Fsp3) is 0.143. The van der Waals surface area contributed by atoms with Crippen molar-refractivity contribution in [3.05, 3.63) is 51.6 Å². The van der Waals surface area contributed by atoms with Crippen molar-refractivity contribution in [1.29, 1.82) is 0 Å². The number of allylic oxidation sites excluding steroid dienone is 1. The second kappa shape index (κ2) is 8.52. The third kappa shape index (κ3) is 5.14. The zero-order chi connectivity index (χ0) is 16.7. The topological polar surface area (TPSA) is 105 Å². The number of nitrogens with zero attached hydrogens (tertiary/aromatic N) is 2. The highest BCUT2D eigenvalue weighted by Gasteiger charge is 2.17. The molecule has 0 radical (unpaired) electrons. The molecule has 8 heteroatoms. The van der Waals surface area contributed by atoms with Crippen LogP contribution < -0.4 is 16.7 Å². The van der Waals surface area contributed by atoms with E-state index in [1.165, 1.54) is 5.01 Å². The molecular formula is C14H18N4O2S2. The van der Waals surface area contributed by atoms with Crippen LogP contribution in [0.5, 0.6) is 0 Å². The van der Waals surface area contributed by atoms with Crippen molar-refractivity contribution in [3.8, 4) is 0 Å². The first-order chi connectivity index (χ1) is 10.4. The summed E-state index contributed by atoms with van der Waals surface area (Å²) in [6, 6.07) is 9.15. The number of aliphatic carboxylic acids is 1. The first kappa shape index (κ1) is 18.1. The maximum absolute atomic E-state index is 11.2. The number of anilines is 1. The Morgan fingerprint density at radius 3 is 2.32 bits per heavy atom. The molecule has 0 aliphatic carbocycles. The Morgan fingerprint density at radius 2 is 1.86 bits per heavy atom. The minimum absolute atomic E-state index is 0.220. The highest BCUT2D eigenvalue weighted by Crippen LogP contribution is 2.35. The number of benzene rings is 1. The largest absolute Gasteiger partial charge is 0.477 e. The van der Waals surface area contributed by atoms with E-state index in [0.717, 1.165) is 23.5 Å². The molecule has 0 heterocycles. The number of hydrogen-bond acceptors (Lipinski definition) is 6. The summed E-state index contributed by atoms with van der Waals surface area (Å²) < 4.78 is 0.509. The quantitative estimate of drug-likeness (QED) is 0.249. The summed E-state index contributed by atoms with van der Waals surface area (Å²) in [5.74, 6) is 10.4. The number of rotatable bonds is 5. The first-order valence-corrected chi connectivity index (χ1v) is 7.83. The van der Waals surface area contributed by atoms with Gasteiger partial charge in [-0.2, -0.15) is 5.10 Å². The van der Waals surface area contributed by atoms with Crippen LogP contribution in [0.2, 0.25) is 0 Å². The molecule has 118 valence electrons. The number of para-hydroxylation sites is 1. The van der Waals surface area contributed by atoms with Gasteiger partial charge in [-0.25, -0.2) is 10.6 Å². The van der Waals surface area contributed by atoms with E-state index in [1.54, 1.807) is 26.0 Å². The molecule has 0 fully saturated rings. The Hall–Kier alpha value is -1.90. The Kier molecular flexibility index (Phi) is 7.03. The number of carbonyl (C=O) groups is 1. The minimum Gasteiger partial charge on any atom is -0.477 e. The summed E-state index contributed by atoms with van der Waals surface area (Å²) >= 11 is 2.15. The molecule has 0 atom stereocenters. The summed E-state index contributed by atoms with van der Waals surface area (Å²) in [5, 5.41) is 14.4. The number of amidine groups is 1. The number of hydrazine groups is 1. The molecule has 0 saturated heterocycles.